The number of aliphatic carboxylic acids is 1. The van der Waals surface area contributed by atoms with Crippen LogP contribution in [0.5, 0.6) is 0 Å². The topological polar surface area (TPSA) is 89.1 Å². The van der Waals surface area contributed by atoms with Crippen LogP contribution in [0.15, 0.2) is 24.9 Å². The van der Waals surface area contributed by atoms with Crippen molar-refractivity contribution in [1.29, 1.82) is 0 Å². The molecule has 1 fully saturated rings. The van der Waals surface area contributed by atoms with Crippen LogP contribution in [-0.2, 0) is 17.9 Å². The van der Waals surface area contributed by atoms with E-state index in [9.17, 15) is 4.79 Å². The summed E-state index contributed by atoms with van der Waals surface area (Å²) in [6.07, 6.45) is 7.33. The third-order valence-corrected chi connectivity index (χ3v) is 4.10. The van der Waals surface area contributed by atoms with E-state index in [0.29, 0.717) is 5.92 Å². The van der Waals surface area contributed by atoms with Gasteiger partial charge in [0.05, 0.1) is 0 Å². The average molecular weight is 304 g/mol. The van der Waals surface area contributed by atoms with Gasteiger partial charge in [0.2, 0.25) is 0 Å². The Bertz CT molecular complexity index is 609. The third kappa shape index (κ3) is 3.51. The van der Waals surface area contributed by atoms with Crippen LogP contribution < -0.4 is 0 Å². The lowest BCUT2D eigenvalue weighted by atomic mass is 9.94. The largest absolute Gasteiger partial charge is 0.480 e. The van der Waals surface area contributed by atoms with Gasteiger partial charge in [-0.15, -0.1) is 10.2 Å². The second-order valence-corrected chi connectivity index (χ2v) is 5.65. The summed E-state index contributed by atoms with van der Waals surface area (Å²) >= 11 is 0. The minimum atomic E-state index is -0.856. The van der Waals surface area contributed by atoms with Gasteiger partial charge in [0.15, 0.2) is 0 Å². The second kappa shape index (κ2) is 6.69. The molecular formula is C14H20N6O2. The summed E-state index contributed by atoms with van der Waals surface area (Å²) in [6.45, 7) is 3.76. The number of nitrogens with zero attached hydrogens (tertiary/aromatic N) is 6. The highest BCUT2D eigenvalue weighted by Crippen LogP contribution is 2.26. The summed E-state index contributed by atoms with van der Waals surface area (Å²) in [4.78, 5) is 13.3. The van der Waals surface area contributed by atoms with Gasteiger partial charge >= 0.3 is 5.97 Å². The van der Waals surface area contributed by atoms with Gasteiger partial charge in [-0.25, -0.2) is 0 Å². The van der Waals surface area contributed by atoms with E-state index >= 15 is 0 Å². The highest BCUT2D eigenvalue weighted by molar-refractivity contribution is 5.66. The van der Waals surface area contributed by atoms with Crippen LogP contribution in [0.4, 0.5) is 0 Å². The Labute approximate surface area is 128 Å². The van der Waals surface area contributed by atoms with Gasteiger partial charge in [-0.1, -0.05) is 0 Å². The number of likely N-dealkylation sites (tertiary alicyclic amines) is 1. The quantitative estimate of drug-likeness (QED) is 0.833. The van der Waals surface area contributed by atoms with E-state index in [1.165, 1.54) is 0 Å². The number of rotatable bonds is 6. The molecule has 0 aromatic carbocycles. The Balaban J connectivity index is 1.60. The first-order valence-corrected chi connectivity index (χ1v) is 7.50. The first-order chi connectivity index (χ1) is 10.7. The van der Waals surface area contributed by atoms with E-state index in [4.69, 9.17) is 5.11 Å². The maximum absolute atomic E-state index is 10.9. The smallest absolute Gasteiger partial charge is 0.325 e. The molecule has 1 aliphatic rings. The molecule has 1 unspecified atom stereocenters. The van der Waals surface area contributed by atoms with Crippen molar-refractivity contribution in [2.45, 2.75) is 31.8 Å². The first-order valence-electron chi connectivity index (χ1n) is 7.50. The van der Waals surface area contributed by atoms with E-state index in [0.717, 1.165) is 44.7 Å². The predicted octanol–water partition coefficient (Wildman–Crippen LogP) is 0.439. The number of hydrogen-bond acceptors (Lipinski definition) is 5. The Morgan fingerprint density at radius 3 is 2.91 bits per heavy atom. The van der Waals surface area contributed by atoms with Crippen molar-refractivity contribution in [2.75, 3.05) is 19.6 Å². The standard InChI is InChI=1S/C14H20N6O2/c21-14(22)9-20-13(3-4-17-20)12-2-1-5-18(8-12)6-7-19-10-15-16-11-19/h3-4,10-12H,1-2,5-9H2,(H,21,22). The molecule has 8 heteroatoms. The highest BCUT2D eigenvalue weighted by Gasteiger charge is 2.24. The molecule has 2 aromatic rings. The van der Waals surface area contributed by atoms with Crippen molar-refractivity contribution in [2.24, 2.45) is 0 Å². The molecule has 2 aromatic heterocycles. The summed E-state index contributed by atoms with van der Waals surface area (Å²) in [5.74, 6) is -0.512. The summed E-state index contributed by atoms with van der Waals surface area (Å²) < 4.78 is 3.58. The summed E-state index contributed by atoms with van der Waals surface area (Å²) in [5, 5.41) is 20.7. The molecule has 22 heavy (non-hydrogen) atoms. The van der Waals surface area contributed by atoms with E-state index in [2.05, 4.69) is 20.2 Å². The minimum absolute atomic E-state index is 0.0699. The molecule has 0 aliphatic carbocycles. The van der Waals surface area contributed by atoms with Crippen molar-refractivity contribution in [3.8, 4) is 0 Å². The van der Waals surface area contributed by atoms with Crippen molar-refractivity contribution < 1.29 is 9.90 Å². The maximum Gasteiger partial charge on any atom is 0.325 e. The van der Waals surface area contributed by atoms with E-state index in [-0.39, 0.29) is 6.54 Å². The maximum atomic E-state index is 10.9. The molecule has 0 amide bonds. The Kier molecular flexibility index (Phi) is 4.47. The zero-order valence-electron chi connectivity index (χ0n) is 12.4. The molecule has 8 nitrogen and oxygen atoms in total. The van der Waals surface area contributed by atoms with Gasteiger partial charge in [-0.3, -0.25) is 9.48 Å². The zero-order chi connectivity index (χ0) is 15.4. The summed E-state index contributed by atoms with van der Waals surface area (Å²) in [5.41, 5.74) is 1.02. The Hall–Kier alpha value is -2.22. The fourth-order valence-corrected chi connectivity index (χ4v) is 3.04. The lowest BCUT2D eigenvalue weighted by molar-refractivity contribution is -0.137. The van der Waals surface area contributed by atoms with Gasteiger partial charge in [-0.2, -0.15) is 5.10 Å². The van der Waals surface area contributed by atoms with Crippen LogP contribution in [0.3, 0.4) is 0 Å². The minimum Gasteiger partial charge on any atom is -0.480 e. The molecule has 0 bridgehead atoms. The number of carboxylic acids is 1. The van der Waals surface area contributed by atoms with Crippen LogP contribution in [0, 0.1) is 0 Å². The molecule has 3 rings (SSSR count). The van der Waals surface area contributed by atoms with Crippen LogP contribution in [0.25, 0.3) is 0 Å². The fraction of sp³-hybridized carbons (Fsp3) is 0.571. The van der Waals surface area contributed by atoms with E-state index < -0.39 is 5.97 Å². The van der Waals surface area contributed by atoms with Crippen molar-refractivity contribution in [3.05, 3.63) is 30.6 Å². The van der Waals surface area contributed by atoms with Gasteiger partial charge in [0.1, 0.15) is 19.2 Å². The predicted molar refractivity (Wildman–Crippen MR) is 78.3 cm³/mol. The molecule has 1 atom stereocenters. The summed E-state index contributed by atoms with van der Waals surface area (Å²) in [6, 6.07) is 1.94. The summed E-state index contributed by atoms with van der Waals surface area (Å²) in [7, 11) is 0. The number of carbonyl (C=O) groups is 1. The van der Waals surface area contributed by atoms with E-state index in [1.807, 2.05) is 10.6 Å². The number of hydrogen-bond donors (Lipinski definition) is 1. The van der Waals surface area contributed by atoms with Crippen LogP contribution in [0.2, 0.25) is 0 Å². The van der Waals surface area contributed by atoms with Gasteiger partial charge in [-0.05, 0) is 25.5 Å². The normalized spacial score (nSPS) is 19.4. The lowest BCUT2D eigenvalue weighted by Gasteiger charge is -2.32. The molecule has 118 valence electrons. The highest BCUT2D eigenvalue weighted by atomic mass is 16.4. The molecule has 0 radical (unpaired) electrons. The van der Waals surface area contributed by atoms with Gasteiger partial charge < -0.3 is 14.6 Å². The van der Waals surface area contributed by atoms with Crippen LogP contribution in [0.1, 0.15) is 24.5 Å². The van der Waals surface area contributed by atoms with Crippen LogP contribution in [-0.4, -0.2) is 60.2 Å². The molecule has 1 N–H and O–H groups in total. The third-order valence-electron chi connectivity index (χ3n) is 4.10. The lowest BCUT2D eigenvalue weighted by Crippen LogP contribution is -2.37. The fourth-order valence-electron chi connectivity index (χ4n) is 3.04. The monoisotopic (exact) mass is 304 g/mol. The molecule has 1 aliphatic heterocycles. The van der Waals surface area contributed by atoms with Crippen LogP contribution >= 0.6 is 0 Å². The Morgan fingerprint density at radius 1 is 1.32 bits per heavy atom. The number of piperidine rings is 1. The van der Waals surface area contributed by atoms with Crippen molar-refractivity contribution >= 4 is 5.97 Å². The van der Waals surface area contributed by atoms with Crippen molar-refractivity contribution in [3.63, 3.8) is 0 Å². The average Bonchev–Trinajstić information content (AvgIpc) is 3.16. The van der Waals surface area contributed by atoms with Crippen molar-refractivity contribution in [1.82, 2.24) is 29.4 Å². The Morgan fingerprint density at radius 2 is 2.14 bits per heavy atom. The second-order valence-electron chi connectivity index (χ2n) is 5.65. The molecular weight excluding hydrogens is 284 g/mol. The van der Waals surface area contributed by atoms with E-state index in [1.54, 1.807) is 23.5 Å². The molecule has 0 spiro atoms. The SMILES string of the molecule is O=C(O)Cn1nccc1C1CCCN(CCn2cnnc2)C1. The van der Waals surface area contributed by atoms with Gasteiger partial charge in [0, 0.05) is 37.4 Å². The number of aromatic nitrogens is 5. The molecule has 1 saturated heterocycles. The molecule has 0 saturated carbocycles. The number of carboxylic acid groups (broad SMARTS) is 1. The van der Waals surface area contributed by atoms with Gasteiger partial charge in [0.25, 0.3) is 0 Å². The molecule has 3 heterocycles. The zero-order valence-corrected chi connectivity index (χ0v) is 12.4. The first kappa shape index (κ1) is 14.7.